The zero-order chi connectivity index (χ0) is 20.2. The molecule has 5 rings (SSSR count). The lowest BCUT2D eigenvalue weighted by Crippen LogP contribution is -2.65. The average Bonchev–Trinajstić information content (AvgIpc) is 3.10. The molecule has 1 saturated heterocycles. The Kier molecular flexibility index (Phi) is 3.99. The first-order chi connectivity index (χ1) is 14.0. The summed E-state index contributed by atoms with van der Waals surface area (Å²) in [5, 5.41) is 7.28. The minimum Gasteiger partial charge on any atom is -0.356 e. The summed E-state index contributed by atoms with van der Waals surface area (Å²) >= 11 is 6.02. The van der Waals surface area contributed by atoms with Gasteiger partial charge in [0.25, 0.3) is 5.91 Å². The maximum absolute atomic E-state index is 13.5. The molecular weight excluding hydrogens is 388 g/mol. The number of fused-ring (bicyclic) bond motifs is 5. The van der Waals surface area contributed by atoms with Crippen molar-refractivity contribution in [2.24, 2.45) is 5.10 Å². The van der Waals surface area contributed by atoms with Crippen molar-refractivity contribution in [3.63, 3.8) is 0 Å². The lowest BCUT2D eigenvalue weighted by molar-refractivity contribution is -0.165. The van der Waals surface area contributed by atoms with E-state index in [1.807, 2.05) is 43.3 Å². The molecule has 29 heavy (non-hydrogen) atoms. The van der Waals surface area contributed by atoms with Crippen LogP contribution in [-0.2, 0) is 21.5 Å². The van der Waals surface area contributed by atoms with Crippen LogP contribution in [0.1, 0.15) is 23.7 Å². The highest BCUT2D eigenvalue weighted by Gasteiger charge is 2.54. The van der Waals surface area contributed by atoms with Gasteiger partial charge in [-0.05, 0) is 42.7 Å². The van der Waals surface area contributed by atoms with Gasteiger partial charge in [0.05, 0.1) is 11.9 Å². The number of hydrogen-bond acceptors (Lipinski definition) is 3. The van der Waals surface area contributed by atoms with Gasteiger partial charge in [-0.2, -0.15) is 5.10 Å². The van der Waals surface area contributed by atoms with Crippen molar-refractivity contribution in [1.82, 2.24) is 14.9 Å². The Hall–Kier alpha value is -3.12. The summed E-state index contributed by atoms with van der Waals surface area (Å²) in [6, 6.07) is 15.2. The molecule has 7 heteroatoms. The van der Waals surface area contributed by atoms with Crippen LogP contribution < -0.4 is 0 Å². The Bertz CT molecular complexity index is 1180. The molecule has 1 aromatic heterocycles. The summed E-state index contributed by atoms with van der Waals surface area (Å²) in [5.41, 5.74) is 2.51. The highest BCUT2D eigenvalue weighted by atomic mass is 35.5. The summed E-state index contributed by atoms with van der Waals surface area (Å²) in [7, 11) is 0. The van der Waals surface area contributed by atoms with Crippen LogP contribution in [0.5, 0.6) is 0 Å². The minimum absolute atomic E-state index is 0.0684. The smallest absolute Gasteiger partial charge is 0.275 e. The molecule has 3 heterocycles. The van der Waals surface area contributed by atoms with E-state index in [4.69, 9.17) is 11.6 Å². The van der Waals surface area contributed by atoms with Gasteiger partial charge in [0.1, 0.15) is 6.54 Å². The number of aromatic nitrogens is 1. The van der Waals surface area contributed by atoms with E-state index < -0.39 is 5.54 Å². The fourth-order valence-corrected chi connectivity index (χ4v) is 4.61. The summed E-state index contributed by atoms with van der Waals surface area (Å²) in [6.07, 6.45) is 2.28. The molecule has 1 atom stereocenters. The van der Waals surface area contributed by atoms with Crippen molar-refractivity contribution < 1.29 is 9.59 Å². The van der Waals surface area contributed by atoms with E-state index in [0.29, 0.717) is 11.6 Å². The number of nitrogens with one attached hydrogen (secondary N) is 1. The molecule has 0 aliphatic carbocycles. The van der Waals surface area contributed by atoms with Crippen LogP contribution in [-0.4, -0.2) is 46.0 Å². The number of amides is 2. The van der Waals surface area contributed by atoms with Crippen molar-refractivity contribution in [3.05, 3.63) is 70.4 Å². The fraction of sp³-hybridized carbons (Fsp3) is 0.227. The second-order valence-electron chi connectivity index (χ2n) is 7.55. The first-order valence-corrected chi connectivity index (χ1v) is 9.88. The molecular formula is C22H19ClN4O2. The third-order valence-corrected chi connectivity index (χ3v) is 6.09. The second kappa shape index (κ2) is 6.46. The lowest BCUT2D eigenvalue weighted by Gasteiger charge is -2.48. The molecule has 1 fully saturated rings. The highest BCUT2D eigenvalue weighted by molar-refractivity contribution is 6.30. The number of piperazine rings is 1. The van der Waals surface area contributed by atoms with Gasteiger partial charge >= 0.3 is 0 Å². The molecule has 0 radical (unpaired) electrons. The van der Waals surface area contributed by atoms with Crippen LogP contribution >= 0.6 is 11.6 Å². The Morgan fingerprint density at radius 3 is 2.83 bits per heavy atom. The van der Waals surface area contributed by atoms with E-state index in [2.05, 4.69) is 10.1 Å². The van der Waals surface area contributed by atoms with Crippen molar-refractivity contribution in [2.75, 3.05) is 13.1 Å². The number of H-pyrrole nitrogens is 1. The van der Waals surface area contributed by atoms with Crippen molar-refractivity contribution in [3.8, 4) is 0 Å². The third-order valence-electron chi connectivity index (χ3n) is 5.86. The van der Waals surface area contributed by atoms with Crippen molar-refractivity contribution in [1.29, 1.82) is 0 Å². The van der Waals surface area contributed by atoms with Crippen LogP contribution in [0.25, 0.3) is 10.9 Å². The number of halogens is 1. The molecule has 0 unspecified atom stereocenters. The SMILES string of the molecule is C[C@@]12C(=O)N(/N=C/c3cccc(Cl)c3)CC(=O)N1CCc1c2[nH]c2ccccc12. The summed E-state index contributed by atoms with van der Waals surface area (Å²) in [4.78, 5) is 31.5. The molecule has 3 aromatic rings. The molecule has 146 valence electrons. The monoisotopic (exact) mass is 406 g/mol. The second-order valence-corrected chi connectivity index (χ2v) is 7.99. The molecule has 0 saturated carbocycles. The number of aromatic amines is 1. The zero-order valence-corrected chi connectivity index (χ0v) is 16.6. The van der Waals surface area contributed by atoms with E-state index in [9.17, 15) is 9.59 Å². The number of hydrazone groups is 1. The molecule has 2 amide bonds. The normalized spacial score (nSPS) is 21.7. The summed E-state index contributed by atoms with van der Waals surface area (Å²) < 4.78 is 0. The Labute approximate surface area is 172 Å². The number of benzene rings is 2. The Morgan fingerprint density at radius 1 is 1.17 bits per heavy atom. The van der Waals surface area contributed by atoms with Gasteiger partial charge in [0.15, 0.2) is 5.54 Å². The largest absolute Gasteiger partial charge is 0.356 e. The number of hydrogen-bond donors (Lipinski definition) is 1. The highest BCUT2D eigenvalue weighted by Crippen LogP contribution is 2.41. The van der Waals surface area contributed by atoms with Gasteiger partial charge < -0.3 is 9.88 Å². The summed E-state index contributed by atoms with van der Waals surface area (Å²) in [6.45, 7) is 2.25. The van der Waals surface area contributed by atoms with Gasteiger partial charge in [-0.1, -0.05) is 41.9 Å². The number of para-hydroxylation sites is 1. The van der Waals surface area contributed by atoms with Crippen LogP contribution in [0.2, 0.25) is 5.02 Å². The van der Waals surface area contributed by atoms with E-state index in [0.717, 1.165) is 34.1 Å². The molecule has 2 aliphatic heterocycles. The molecule has 0 spiro atoms. The maximum atomic E-state index is 13.5. The van der Waals surface area contributed by atoms with Crippen molar-refractivity contribution in [2.45, 2.75) is 18.9 Å². The van der Waals surface area contributed by atoms with Gasteiger partial charge in [0.2, 0.25) is 5.91 Å². The van der Waals surface area contributed by atoms with Gasteiger partial charge in [0, 0.05) is 22.5 Å². The molecule has 2 aliphatic rings. The van der Waals surface area contributed by atoms with E-state index in [1.54, 1.807) is 23.2 Å². The van der Waals surface area contributed by atoms with Gasteiger partial charge in [-0.15, -0.1) is 0 Å². The Balaban J connectivity index is 1.57. The van der Waals surface area contributed by atoms with Crippen molar-refractivity contribution >= 4 is 40.5 Å². The standard InChI is InChI=1S/C22H19ClN4O2/c1-22-20-17(16-7-2-3-8-18(16)25-20)9-10-26(22)19(28)13-27(21(22)29)24-12-14-5-4-6-15(23)11-14/h2-8,11-12,25H,9-10,13H2,1H3/b24-12+/t22-/m1/s1. The topological polar surface area (TPSA) is 68.8 Å². The maximum Gasteiger partial charge on any atom is 0.275 e. The predicted octanol–water partition coefficient (Wildman–Crippen LogP) is 3.30. The zero-order valence-electron chi connectivity index (χ0n) is 15.9. The lowest BCUT2D eigenvalue weighted by atomic mass is 9.83. The average molecular weight is 407 g/mol. The molecule has 0 bridgehead atoms. The van der Waals surface area contributed by atoms with E-state index in [-0.39, 0.29) is 18.4 Å². The molecule has 6 nitrogen and oxygen atoms in total. The quantitative estimate of drug-likeness (QED) is 0.663. The number of nitrogens with zero attached hydrogens (tertiary/aromatic N) is 3. The number of carbonyl (C=O) groups is 2. The number of carbonyl (C=O) groups excluding carboxylic acids is 2. The molecule has 1 N–H and O–H groups in total. The molecule has 2 aromatic carbocycles. The first-order valence-electron chi connectivity index (χ1n) is 9.50. The van der Waals surface area contributed by atoms with Crippen LogP contribution in [0.4, 0.5) is 0 Å². The minimum atomic E-state index is -1.10. The number of rotatable bonds is 2. The predicted molar refractivity (Wildman–Crippen MR) is 112 cm³/mol. The van der Waals surface area contributed by atoms with Crippen LogP contribution in [0.15, 0.2) is 53.6 Å². The van der Waals surface area contributed by atoms with Crippen LogP contribution in [0.3, 0.4) is 0 Å². The first kappa shape index (κ1) is 17.9. The fourth-order valence-electron chi connectivity index (χ4n) is 4.41. The third kappa shape index (κ3) is 2.67. The Morgan fingerprint density at radius 2 is 2.00 bits per heavy atom. The van der Waals surface area contributed by atoms with E-state index in [1.165, 1.54) is 5.01 Å². The van der Waals surface area contributed by atoms with Gasteiger partial charge in [-0.25, -0.2) is 5.01 Å². The van der Waals surface area contributed by atoms with Gasteiger partial charge in [-0.3, -0.25) is 9.59 Å². The van der Waals surface area contributed by atoms with E-state index >= 15 is 0 Å². The summed E-state index contributed by atoms with van der Waals surface area (Å²) in [5.74, 6) is -0.331. The van der Waals surface area contributed by atoms with Crippen LogP contribution in [0, 0.1) is 0 Å².